The van der Waals surface area contributed by atoms with Crippen molar-refractivity contribution in [3.63, 3.8) is 0 Å². The van der Waals surface area contributed by atoms with Crippen LogP contribution in [0.15, 0.2) is 60.8 Å². The molecule has 11 heteroatoms. The molecule has 1 aromatic heterocycles. The highest BCUT2D eigenvalue weighted by atomic mass is 32.7. The van der Waals surface area contributed by atoms with Crippen molar-refractivity contribution >= 4 is 40.8 Å². The van der Waals surface area contributed by atoms with E-state index in [2.05, 4.69) is 57.5 Å². The van der Waals surface area contributed by atoms with Gasteiger partial charge in [0.05, 0.1) is 0 Å². The van der Waals surface area contributed by atoms with Crippen LogP contribution in [0.3, 0.4) is 0 Å². The topological polar surface area (TPSA) is 164 Å². The number of para-hydroxylation sites is 1. The average Bonchev–Trinajstić information content (AvgIpc) is 3.36. The second-order valence-corrected chi connectivity index (χ2v) is 13.6. The Morgan fingerprint density at radius 3 is 2.42 bits per heavy atom. The smallest absolute Gasteiger partial charge is 0.252 e. The Kier molecular flexibility index (Phi) is 20.9. The van der Waals surface area contributed by atoms with Gasteiger partial charge in [-0.3, -0.25) is 9.36 Å². The maximum atomic E-state index is 11.2. The van der Waals surface area contributed by atoms with Crippen LogP contribution in [0.25, 0.3) is 17.0 Å². The molecular weight excluding hydrogens is 545 g/mol. The fourth-order valence-corrected chi connectivity index (χ4v) is 5.30. The van der Waals surface area contributed by atoms with Gasteiger partial charge < -0.3 is 37.0 Å². The summed E-state index contributed by atoms with van der Waals surface area (Å²) in [7, 11) is 1.62. The largest absolute Gasteiger partial charge is 0.412 e. The van der Waals surface area contributed by atoms with Crippen molar-refractivity contribution in [3.05, 3.63) is 77.5 Å². The molecule has 0 saturated heterocycles. The van der Waals surface area contributed by atoms with Gasteiger partial charge in [0, 0.05) is 55.7 Å². The van der Waals surface area contributed by atoms with Crippen molar-refractivity contribution < 1.29 is 19.7 Å². The number of aromatic nitrogens is 1. The van der Waals surface area contributed by atoms with Gasteiger partial charge in [0.25, 0.3) is 6.57 Å². The van der Waals surface area contributed by atoms with Gasteiger partial charge >= 0.3 is 0 Å². The normalized spacial score (nSPS) is 11.9. The van der Waals surface area contributed by atoms with E-state index in [1.54, 1.807) is 7.05 Å². The summed E-state index contributed by atoms with van der Waals surface area (Å²) >= 11 is 1.11. The second-order valence-electron chi connectivity index (χ2n) is 8.50. The van der Waals surface area contributed by atoms with E-state index in [0.29, 0.717) is 12.3 Å². The van der Waals surface area contributed by atoms with E-state index in [0.717, 1.165) is 56.0 Å². The first-order chi connectivity index (χ1) is 18.8. The molecule has 0 bridgehead atoms. The third kappa shape index (κ3) is 16.6. The molecule has 224 valence electrons. The predicted molar refractivity (Wildman–Crippen MR) is 173 cm³/mol. The van der Waals surface area contributed by atoms with Crippen LogP contribution in [0.2, 0.25) is 0 Å². The Balaban J connectivity index is 0.000000865. The van der Waals surface area contributed by atoms with Crippen molar-refractivity contribution in [2.45, 2.75) is 33.2 Å². The Hall–Kier alpha value is -2.43. The van der Waals surface area contributed by atoms with Crippen LogP contribution in [-0.2, 0) is 22.3 Å². The van der Waals surface area contributed by atoms with E-state index in [1.165, 1.54) is 34.8 Å². The number of fused-ring (bicyclic) bond motifs is 1. The third-order valence-corrected chi connectivity index (χ3v) is 8.25. The summed E-state index contributed by atoms with van der Waals surface area (Å²) in [6.07, 6.45) is 7.39. The van der Waals surface area contributed by atoms with Gasteiger partial charge in [-0.2, -0.15) is 0 Å². The number of amides is 1. The molecule has 0 fully saturated rings. The maximum Gasteiger partial charge on any atom is 0.252 e. The van der Waals surface area contributed by atoms with Crippen LogP contribution in [0.5, 0.6) is 0 Å². The van der Waals surface area contributed by atoms with Crippen molar-refractivity contribution in [3.8, 4) is 0 Å². The Morgan fingerprint density at radius 1 is 1.07 bits per heavy atom. The van der Waals surface area contributed by atoms with E-state index < -0.39 is 6.57 Å². The molecule has 2 aromatic carbocycles. The monoisotopic (exact) mass is 593 g/mol. The first-order valence-electron chi connectivity index (χ1n) is 13.4. The number of aromatic amines is 1. The summed E-state index contributed by atoms with van der Waals surface area (Å²) in [6.45, 7) is 6.59. The lowest BCUT2D eigenvalue weighted by Gasteiger charge is -2.05. The minimum atomic E-state index is -2.87. The van der Waals surface area contributed by atoms with Crippen LogP contribution in [0, 0.1) is 0 Å². The zero-order chi connectivity index (χ0) is 28.9. The molecule has 0 aliphatic carbocycles. The van der Waals surface area contributed by atoms with Crippen molar-refractivity contribution in [1.29, 1.82) is 0 Å². The van der Waals surface area contributed by atoms with Gasteiger partial charge in [-0.1, -0.05) is 67.7 Å². The number of nitrogens with one attached hydrogen (secondary N) is 4. The lowest BCUT2D eigenvalue weighted by atomic mass is 10.1. The number of carbonyl (C=O) groups is 1. The molecule has 9 N–H and O–H groups in total. The quantitative estimate of drug-likeness (QED) is 0.0936. The van der Waals surface area contributed by atoms with E-state index in [4.69, 9.17) is 10.6 Å². The van der Waals surface area contributed by atoms with Crippen LogP contribution in [0.1, 0.15) is 37.0 Å². The molecule has 0 saturated carbocycles. The summed E-state index contributed by atoms with van der Waals surface area (Å²) in [5.74, 6) is 0.581. The molecule has 40 heavy (non-hydrogen) atoms. The van der Waals surface area contributed by atoms with Gasteiger partial charge in [-0.25, -0.2) is 0 Å². The zero-order valence-corrected chi connectivity index (χ0v) is 25.9. The summed E-state index contributed by atoms with van der Waals surface area (Å²) in [5, 5.41) is 10.5. The fraction of sp³-hybridized carbons (Fsp3) is 0.414. The summed E-state index contributed by atoms with van der Waals surface area (Å²) < 4.78 is 10.8. The van der Waals surface area contributed by atoms with Crippen molar-refractivity contribution in [1.82, 2.24) is 20.9 Å². The lowest BCUT2D eigenvalue weighted by Crippen LogP contribution is -2.20. The standard InChI is InChI=1S/C21H23N3O.C6H17N2O2PS.C2H6.H2O/c1-22-21(25)11-10-16-6-8-17(9-7-16)14-23-13-12-18-15-24-20-5-3-2-4-19(18)20;1-11(9,10)12-6-5-8-4-2-3-7;1-2;/h2-11,15,23-24H,12-14H2,1H3,(H,22,25);8H,2-7H2,1H3,(H,9,10);1-2H3;1H2/b11-10+;;;. The minimum absolute atomic E-state index is 0. The molecule has 0 spiro atoms. The molecule has 1 heterocycles. The summed E-state index contributed by atoms with van der Waals surface area (Å²) in [5.41, 5.74) is 10.1. The van der Waals surface area contributed by atoms with Crippen molar-refractivity contribution in [2.75, 3.05) is 45.6 Å². The van der Waals surface area contributed by atoms with Gasteiger partial charge in [0.1, 0.15) is 0 Å². The van der Waals surface area contributed by atoms with Crippen molar-refractivity contribution in [2.24, 2.45) is 5.73 Å². The number of H-pyrrole nitrogens is 1. The van der Waals surface area contributed by atoms with Crippen LogP contribution in [0.4, 0.5) is 0 Å². The molecule has 0 radical (unpaired) electrons. The maximum absolute atomic E-state index is 11.2. The van der Waals surface area contributed by atoms with Crippen LogP contribution < -0.4 is 21.7 Å². The molecule has 1 unspecified atom stereocenters. The van der Waals surface area contributed by atoms with E-state index in [1.807, 2.05) is 38.1 Å². The lowest BCUT2D eigenvalue weighted by molar-refractivity contribution is -0.115. The van der Waals surface area contributed by atoms with Gasteiger partial charge in [0.15, 0.2) is 0 Å². The highest BCUT2D eigenvalue weighted by Gasteiger charge is 2.08. The minimum Gasteiger partial charge on any atom is -0.412 e. The molecule has 9 nitrogen and oxygen atoms in total. The first kappa shape index (κ1) is 37.6. The molecule has 1 amide bonds. The van der Waals surface area contributed by atoms with Gasteiger partial charge in [0.2, 0.25) is 5.91 Å². The molecule has 0 aliphatic rings. The number of hydrogen-bond donors (Lipinski definition) is 6. The van der Waals surface area contributed by atoms with Gasteiger partial charge in [-0.05, 0) is 61.3 Å². The number of nitrogens with two attached hydrogens (primary N) is 1. The zero-order valence-electron chi connectivity index (χ0n) is 24.2. The average molecular weight is 594 g/mol. The molecule has 3 aromatic rings. The highest BCUT2D eigenvalue weighted by molar-refractivity contribution is 8.56. The van der Waals surface area contributed by atoms with E-state index >= 15 is 0 Å². The first-order valence-corrected chi connectivity index (χ1v) is 17.1. The Morgan fingerprint density at radius 2 is 1.77 bits per heavy atom. The molecule has 3 rings (SSSR count). The molecule has 0 aliphatic heterocycles. The second kappa shape index (κ2) is 22.3. The fourth-order valence-electron chi connectivity index (χ4n) is 3.44. The SMILES string of the molecule is CC.CNC(=O)/C=C/c1ccc(CNCCc2c[nH]c3ccccc23)cc1.CP(=O)(O)SCCNCCCN.O. The Labute approximate surface area is 243 Å². The number of likely N-dealkylation sites (N-methyl/N-ethyl adjacent to an activating group) is 1. The number of benzene rings is 2. The molecular formula is C29H48N5O4PS. The number of carbonyl (C=O) groups excluding carboxylic acids is 1. The summed E-state index contributed by atoms with van der Waals surface area (Å²) in [6, 6.07) is 16.6. The van der Waals surface area contributed by atoms with Gasteiger partial charge in [-0.15, -0.1) is 0 Å². The third-order valence-electron chi connectivity index (χ3n) is 5.40. The van der Waals surface area contributed by atoms with Crippen LogP contribution >= 0.6 is 18.0 Å². The van der Waals surface area contributed by atoms with E-state index in [-0.39, 0.29) is 11.4 Å². The number of hydrogen-bond acceptors (Lipinski definition) is 6. The van der Waals surface area contributed by atoms with Crippen LogP contribution in [-0.4, -0.2) is 66.9 Å². The highest BCUT2D eigenvalue weighted by Crippen LogP contribution is 2.50. The number of rotatable bonds is 14. The summed E-state index contributed by atoms with van der Waals surface area (Å²) in [4.78, 5) is 23.4. The molecule has 1 atom stereocenters. The predicted octanol–water partition coefficient (Wildman–Crippen LogP) is 3.93. The van der Waals surface area contributed by atoms with E-state index in [9.17, 15) is 9.36 Å². The Bertz CT molecular complexity index is 1150.